The van der Waals surface area contributed by atoms with E-state index in [1.54, 1.807) is 6.07 Å². The molecule has 0 bridgehead atoms. The van der Waals surface area contributed by atoms with Gasteiger partial charge in [-0.1, -0.05) is 27.7 Å². The summed E-state index contributed by atoms with van der Waals surface area (Å²) in [7, 11) is 0. The molecule has 0 spiro atoms. The van der Waals surface area contributed by atoms with Gasteiger partial charge in [-0.05, 0) is 55.2 Å². The van der Waals surface area contributed by atoms with Crippen molar-refractivity contribution in [2.75, 3.05) is 6.54 Å². The smallest absolute Gasteiger partial charge is 0.0769 e. The van der Waals surface area contributed by atoms with Gasteiger partial charge in [0.05, 0.1) is 10.6 Å². The molecule has 1 heterocycles. The first kappa shape index (κ1) is 13.7. The van der Waals surface area contributed by atoms with Crippen molar-refractivity contribution < 1.29 is 0 Å². The Hall–Kier alpha value is -0.680. The van der Waals surface area contributed by atoms with Crippen LogP contribution in [0.1, 0.15) is 16.1 Å². The van der Waals surface area contributed by atoms with Crippen LogP contribution in [-0.2, 0) is 13.0 Å². The highest BCUT2D eigenvalue weighted by atomic mass is 35.5. The molecule has 0 aliphatic carbocycles. The number of nitrogens with one attached hydrogen (secondary N) is 1. The minimum Gasteiger partial charge on any atom is -0.311 e. The molecule has 6 heteroatoms. The fourth-order valence-corrected chi connectivity index (χ4v) is 2.58. The molecule has 0 saturated heterocycles. The summed E-state index contributed by atoms with van der Waals surface area (Å²) in [6.45, 7) is 3.60. The number of hydrogen-bond donors (Lipinski definition) is 1. The van der Waals surface area contributed by atoms with Gasteiger partial charge in [0, 0.05) is 16.6 Å². The van der Waals surface area contributed by atoms with E-state index in [0.29, 0.717) is 0 Å². The molecule has 0 unspecified atom stereocenters. The first-order valence-electron chi connectivity index (χ1n) is 5.59. The SMILES string of the molecule is Cc1nnsc1CNCCc1cc(Cl)ccc1Cl. The van der Waals surface area contributed by atoms with Gasteiger partial charge in [0.2, 0.25) is 0 Å². The highest BCUT2D eigenvalue weighted by Crippen LogP contribution is 2.20. The Kier molecular flexibility index (Phi) is 4.95. The van der Waals surface area contributed by atoms with E-state index in [0.717, 1.165) is 40.8 Å². The number of halogens is 2. The van der Waals surface area contributed by atoms with E-state index in [1.165, 1.54) is 16.4 Å². The highest BCUT2D eigenvalue weighted by Gasteiger charge is 2.04. The first-order valence-corrected chi connectivity index (χ1v) is 7.12. The van der Waals surface area contributed by atoms with E-state index < -0.39 is 0 Å². The summed E-state index contributed by atoms with van der Waals surface area (Å²) in [5.41, 5.74) is 2.06. The predicted octanol–water partition coefficient (Wildman–Crippen LogP) is 3.49. The van der Waals surface area contributed by atoms with Gasteiger partial charge in [-0.2, -0.15) is 0 Å². The molecule has 0 fully saturated rings. The Morgan fingerprint density at radius 1 is 1.33 bits per heavy atom. The third kappa shape index (κ3) is 3.65. The summed E-state index contributed by atoms with van der Waals surface area (Å²) in [6.07, 6.45) is 0.852. The minimum absolute atomic E-state index is 0.719. The van der Waals surface area contributed by atoms with E-state index >= 15 is 0 Å². The average Bonchev–Trinajstić information content (AvgIpc) is 2.75. The van der Waals surface area contributed by atoms with E-state index in [-0.39, 0.29) is 0 Å². The molecule has 1 N–H and O–H groups in total. The monoisotopic (exact) mass is 301 g/mol. The standard InChI is InChI=1S/C12H13Cl2N3S/c1-8-12(18-17-16-8)7-15-5-4-9-6-10(13)2-3-11(9)14/h2-3,6,15H,4-5,7H2,1H3. The maximum absolute atomic E-state index is 6.10. The number of aryl methyl sites for hydroxylation is 1. The molecular formula is C12H13Cl2N3S. The zero-order valence-corrected chi connectivity index (χ0v) is 12.2. The fraction of sp³-hybridized carbons (Fsp3) is 0.333. The lowest BCUT2D eigenvalue weighted by atomic mass is 10.1. The molecule has 3 nitrogen and oxygen atoms in total. The van der Waals surface area contributed by atoms with Crippen LogP contribution in [0.25, 0.3) is 0 Å². The molecule has 0 radical (unpaired) electrons. The van der Waals surface area contributed by atoms with E-state index in [2.05, 4.69) is 14.9 Å². The third-order valence-corrected chi connectivity index (χ3v) is 4.04. The van der Waals surface area contributed by atoms with Crippen molar-refractivity contribution in [3.05, 3.63) is 44.4 Å². The Balaban J connectivity index is 1.82. The Bertz CT molecular complexity index is 528. The van der Waals surface area contributed by atoms with Crippen molar-refractivity contribution in [2.45, 2.75) is 19.9 Å². The molecular weight excluding hydrogens is 289 g/mol. The van der Waals surface area contributed by atoms with Crippen LogP contribution in [0.3, 0.4) is 0 Å². The Morgan fingerprint density at radius 3 is 2.89 bits per heavy atom. The number of aromatic nitrogens is 2. The molecule has 0 aliphatic rings. The minimum atomic E-state index is 0.719. The van der Waals surface area contributed by atoms with E-state index in [9.17, 15) is 0 Å². The van der Waals surface area contributed by atoms with Crippen molar-refractivity contribution in [3.63, 3.8) is 0 Å². The second-order valence-electron chi connectivity index (χ2n) is 3.94. The van der Waals surface area contributed by atoms with Gasteiger partial charge in [-0.25, -0.2) is 0 Å². The number of nitrogens with zero attached hydrogens (tertiary/aromatic N) is 2. The van der Waals surface area contributed by atoms with Crippen LogP contribution >= 0.6 is 34.7 Å². The van der Waals surface area contributed by atoms with E-state index in [1.807, 2.05) is 19.1 Å². The molecule has 2 rings (SSSR count). The molecule has 0 atom stereocenters. The zero-order chi connectivity index (χ0) is 13.0. The first-order chi connectivity index (χ1) is 8.66. The van der Waals surface area contributed by atoms with Gasteiger partial charge in [-0.3, -0.25) is 0 Å². The molecule has 0 aliphatic heterocycles. The van der Waals surface area contributed by atoms with Crippen molar-refractivity contribution in [1.29, 1.82) is 0 Å². The number of benzene rings is 1. The Labute approximate surface area is 120 Å². The highest BCUT2D eigenvalue weighted by molar-refractivity contribution is 7.05. The lowest BCUT2D eigenvalue weighted by Gasteiger charge is -2.06. The number of rotatable bonds is 5. The summed E-state index contributed by atoms with van der Waals surface area (Å²) >= 11 is 13.5. The molecule has 1 aromatic heterocycles. The van der Waals surface area contributed by atoms with Gasteiger partial charge in [0.15, 0.2) is 0 Å². The normalized spacial score (nSPS) is 10.8. The second kappa shape index (κ2) is 6.48. The van der Waals surface area contributed by atoms with Crippen molar-refractivity contribution in [2.24, 2.45) is 0 Å². The van der Waals surface area contributed by atoms with Gasteiger partial charge in [-0.15, -0.1) is 5.10 Å². The van der Waals surface area contributed by atoms with Crippen molar-refractivity contribution in [1.82, 2.24) is 14.9 Å². The van der Waals surface area contributed by atoms with Crippen LogP contribution in [0, 0.1) is 6.92 Å². The molecule has 2 aromatic rings. The predicted molar refractivity (Wildman–Crippen MR) is 76.5 cm³/mol. The maximum Gasteiger partial charge on any atom is 0.0769 e. The molecule has 0 saturated carbocycles. The average molecular weight is 302 g/mol. The third-order valence-electron chi connectivity index (χ3n) is 2.61. The summed E-state index contributed by atoms with van der Waals surface area (Å²) in [5, 5.41) is 8.80. The van der Waals surface area contributed by atoms with Gasteiger partial charge < -0.3 is 5.32 Å². The largest absolute Gasteiger partial charge is 0.311 e. The molecule has 18 heavy (non-hydrogen) atoms. The van der Waals surface area contributed by atoms with Gasteiger partial charge in [0.1, 0.15) is 0 Å². The van der Waals surface area contributed by atoms with Crippen LogP contribution in [0.2, 0.25) is 10.0 Å². The molecule has 1 aromatic carbocycles. The van der Waals surface area contributed by atoms with Crippen LogP contribution in [0.15, 0.2) is 18.2 Å². The van der Waals surface area contributed by atoms with Gasteiger partial charge >= 0.3 is 0 Å². The summed E-state index contributed by atoms with van der Waals surface area (Å²) in [6, 6.07) is 5.54. The Morgan fingerprint density at radius 2 is 2.17 bits per heavy atom. The van der Waals surface area contributed by atoms with Crippen LogP contribution in [0.4, 0.5) is 0 Å². The van der Waals surface area contributed by atoms with Crippen LogP contribution in [-0.4, -0.2) is 16.1 Å². The van der Waals surface area contributed by atoms with Crippen LogP contribution < -0.4 is 5.32 Å². The lowest BCUT2D eigenvalue weighted by Crippen LogP contribution is -2.16. The van der Waals surface area contributed by atoms with Crippen molar-refractivity contribution in [3.8, 4) is 0 Å². The maximum atomic E-state index is 6.10. The molecule has 0 amide bonds. The second-order valence-corrected chi connectivity index (χ2v) is 5.63. The summed E-state index contributed by atoms with van der Waals surface area (Å²) in [5.74, 6) is 0. The zero-order valence-electron chi connectivity index (χ0n) is 9.91. The molecule has 96 valence electrons. The summed E-state index contributed by atoms with van der Waals surface area (Å²) in [4.78, 5) is 1.17. The lowest BCUT2D eigenvalue weighted by molar-refractivity contribution is 0.690. The van der Waals surface area contributed by atoms with Gasteiger partial charge in [0.25, 0.3) is 0 Å². The van der Waals surface area contributed by atoms with Crippen LogP contribution in [0.5, 0.6) is 0 Å². The van der Waals surface area contributed by atoms with E-state index in [4.69, 9.17) is 23.2 Å². The quantitative estimate of drug-likeness (QED) is 0.859. The topological polar surface area (TPSA) is 37.8 Å². The van der Waals surface area contributed by atoms with Crippen molar-refractivity contribution >= 4 is 34.7 Å². The summed E-state index contributed by atoms with van der Waals surface area (Å²) < 4.78 is 3.90. The fourth-order valence-electron chi connectivity index (χ4n) is 1.57. The number of hydrogen-bond acceptors (Lipinski definition) is 4.